The molecule has 1 aromatic carbocycles. The summed E-state index contributed by atoms with van der Waals surface area (Å²) in [7, 11) is 0. The van der Waals surface area contributed by atoms with Crippen LogP contribution in [0.5, 0.6) is 5.75 Å². The highest BCUT2D eigenvalue weighted by molar-refractivity contribution is 5.85. The molecule has 1 fully saturated rings. The Labute approximate surface area is 163 Å². The molecule has 1 aromatic rings. The Morgan fingerprint density at radius 2 is 2.11 bits per heavy atom. The largest absolute Gasteiger partial charge is 0.491 e. The Balaban J connectivity index is 0.00000364. The summed E-state index contributed by atoms with van der Waals surface area (Å²) < 4.78 is 31.5. The van der Waals surface area contributed by atoms with E-state index in [4.69, 9.17) is 10.5 Å². The number of carbonyl (C=O) groups excluding carboxylic acids is 2. The standard InChI is InChI=1S/C18H25F2N3O3.ClH/c19-14-5-6-16(15(20)11-14)26-10-2-4-17(24)23-9-1-3-13(12-23)18(25)22-8-7-21;/h5-6,11,13H,1-4,7-10,12,21H2,(H,22,25);1H. The van der Waals surface area contributed by atoms with Crippen molar-refractivity contribution in [3.63, 3.8) is 0 Å². The first kappa shape index (κ1) is 23.1. The molecule has 152 valence electrons. The molecule has 1 aliphatic rings. The molecule has 0 radical (unpaired) electrons. The van der Waals surface area contributed by atoms with Crippen LogP contribution >= 0.6 is 12.4 Å². The van der Waals surface area contributed by atoms with E-state index in [1.54, 1.807) is 4.90 Å². The third-order valence-electron chi connectivity index (χ3n) is 4.27. The van der Waals surface area contributed by atoms with Crippen LogP contribution < -0.4 is 15.8 Å². The highest BCUT2D eigenvalue weighted by Crippen LogP contribution is 2.19. The maximum absolute atomic E-state index is 13.4. The van der Waals surface area contributed by atoms with Crippen molar-refractivity contribution in [2.24, 2.45) is 11.7 Å². The van der Waals surface area contributed by atoms with Gasteiger partial charge in [0, 0.05) is 38.7 Å². The molecule has 6 nitrogen and oxygen atoms in total. The fourth-order valence-electron chi connectivity index (χ4n) is 2.91. The van der Waals surface area contributed by atoms with Crippen molar-refractivity contribution in [1.29, 1.82) is 0 Å². The van der Waals surface area contributed by atoms with E-state index in [0.29, 0.717) is 32.6 Å². The second-order valence-electron chi connectivity index (χ2n) is 6.29. The fraction of sp³-hybridized carbons (Fsp3) is 0.556. The van der Waals surface area contributed by atoms with Gasteiger partial charge in [-0.05, 0) is 31.4 Å². The summed E-state index contributed by atoms with van der Waals surface area (Å²) in [5.74, 6) is -1.79. The lowest BCUT2D eigenvalue weighted by Gasteiger charge is -2.32. The van der Waals surface area contributed by atoms with Crippen molar-refractivity contribution in [1.82, 2.24) is 10.2 Å². The Bertz CT molecular complexity index is 634. The predicted molar refractivity (Wildman–Crippen MR) is 99.7 cm³/mol. The molecule has 0 saturated carbocycles. The molecule has 27 heavy (non-hydrogen) atoms. The van der Waals surface area contributed by atoms with Crippen LogP contribution in [0, 0.1) is 17.6 Å². The Morgan fingerprint density at radius 1 is 1.33 bits per heavy atom. The highest BCUT2D eigenvalue weighted by Gasteiger charge is 2.27. The average molecular weight is 406 g/mol. The zero-order valence-electron chi connectivity index (χ0n) is 15.1. The molecule has 0 spiro atoms. The molecule has 1 saturated heterocycles. The molecule has 1 heterocycles. The zero-order chi connectivity index (χ0) is 18.9. The van der Waals surface area contributed by atoms with E-state index < -0.39 is 11.6 Å². The molecule has 3 N–H and O–H groups in total. The molecule has 0 aliphatic carbocycles. The first-order valence-electron chi connectivity index (χ1n) is 8.84. The van der Waals surface area contributed by atoms with Crippen molar-refractivity contribution in [3.8, 4) is 5.75 Å². The van der Waals surface area contributed by atoms with Crippen LogP contribution in [-0.4, -0.2) is 49.5 Å². The molecular formula is C18H26ClF2N3O3. The number of ether oxygens (including phenoxy) is 1. The lowest BCUT2D eigenvalue weighted by molar-refractivity contribution is -0.135. The van der Waals surface area contributed by atoms with Crippen molar-refractivity contribution in [2.45, 2.75) is 25.7 Å². The SMILES string of the molecule is Cl.NCCNC(=O)C1CCCN(C(=O)CCCOc2ccc(F)cc2F)C1. The maximum atomic E-state index is 13.4. The molecule has 2 rings (SSSR count). The van der Waals surface area contributed by atoms with Gasteiger partial charge in [0.25, 0.3) is 0 Å². The van der Waals surface area contributed by atoms with Gasteiger partial charge in [-0.3, -0.25) is 9.59 Å². The minimum absolute atomic E-state index is 0. The zero-order valence-corrected chi connectivity index (χ0v) is 15.9. The van der Waals surface area contributed by atoms with Crippen molar-refractivity contribution < 1.29 is 23.1 Å². The van der Waals surface area contributed by atoms with Crippen LogP contribution in [-0.2, 0) is 9.59 Å². The van der Waals surface area contributed by atoms with Gasteiger partial charge < -0.3 is 20.7 Å². The summed E-state index contributed by atoms with van der Waals surface area (Å²) in [4.78, 5) is 26.0. The number of benzene rings is 1. The molecule has 1 aliphatic heterocycles. The molecule has 0 bridgehead atoms. The van der Waals surface area contributed by atoms with Gasteiger partial charge >= 0.3 is 0 Å². The van der Waals surface area contributed by atoms with Crippen LogP contribution in [0.1, 0.15) is 25.7 Å². The van der Waals surface area contributed by atoms with E-state index in [-0.39, 0.29) is 48.9 Å². The molecule has 2 amide bonds. The van der Waals surface area contributed by atoms with E-state index in [0.717, 1.165) is 25.0 Å². The van der Waals surface area contributed by atoms with Gasteiger partial charge in [-0.25, -0.2) is 8.78 Å². The Morgan fingerprint density at radius 3 is 2.81 bits per heavy atom. The number of nitrogens with two attached hydrogens (primary N) is 1. The second kappa shape index (κ2) is 11.7. The third kappa shape index (κ3) is 7.30. The molecule has 1 atom stereocenters. The first-order valence-corrected chi connectivity index (χ1v) is 8.84. The number of hydrogen-bond donors (Lipinski definition) is 2. The van der Waals surface area contributed by atoms with Crippen LogP contribution in [0.2, 0.25) is 0 Å². The monoisotopic (exact) mass is 405 g/mol. The number of hydrogen-bond acceptors (Lipinski definition) is 4. The van der Waals surface area contributed by atoms with Crippen molar-refractivity contribution in [2.75, 3.05) is 32.8 Å². The average Bonchev–Trinajstić information content (AvgIpc) is 2.64. The van der Waals surface area contributed by atoms with Gasteiger partial charge in [-0.2, -0.15) is 0 Å². The van der Waals surface area contributed by atoms with Gasteiger partial charge in [0.1, 0.15) is 5.82 Å². The maximum Gasteiger partial charge on any atom is 0.224 e. The Kier molecular flexibility index (Phi) is 10.0. The fourth-order valence-corrected chi connectivity index (χ4v) is 2.91. The van der Waals surface area contributed by atoms with Crippen LogP contribution in [0.15, 0.2) is 18.2 Å². The highest BCUT2D eigenvalue weighted by atomic mass is 35.5. The Hall–Kier alpha value is -1.93. The molecule has 9 heteroatoms. The molecule has 1 unspecified atom stereocenters. The van der Waals surface area contributed by atoms with Crippen LogP contribution in [0.4, 0.5) is 8.78 Å². The number of amides is 2. The van der Waals surface area contributed by atoms with Crippen molar-refractivity contribution in [3.05, 3.63) is 29.8 Å². The van der Waals surface area contributed by atoms with Gasteiger partial charge in [0.2, 0.25) is 11.8 Å². The van der Waals surface area contributed by atoms with E-state index >= 15 is 0 Å². The normalized spacial score (nSPS) is 16.4. The molecule has 0 aromatic heterocycles. The van der Waals surface area contributed by atoms with Gasteiger partial charge in [-0.15, -0.1) is 12.4 Å². The quantitative estimate of drug-likeness (QED) is 0.646. The summed E-state index contributed by atoms with van der Waals surface area (Å²) in [6.45, 7) is 2.01. The van der Waals surface area contributed by atoms with E-state index in [2.05, 4.69) is 5.32 Å². The van der Waals surface area contributed by atoms with E-state index in [1.165, 1.54) is 6.07 Å². The lowest BCUT2D eigenvalue weighted by Crippen LogP contribution is -2.46. The number of halogens is 3. The summed E-state index contributed by atoms with van der Waals surface area (Å²) in [5.41, 5.74) is 5.38. The van der Waals surface area contributed by atoms with Crippen LogP contribution in [0.25, 0.3) is 0 Å². The van der Waals surface area contributed by atoms with Gasteiger partial charge in [0.05, 0.1) is 12.5 Å². The summed E-state index contributed by atoms with van der Waals surface area (Å²) in [6, 6.07) is 3.10. The first-order chi connectivity index (χ1) is 12.5. The van der Waals surface area contributed by atoms with Crippen molar-refractivity contribution >= 4 is 24.2 Å². The summed E-state index contributed by atoms with van der Waals surface area (Å²) in [6.07, 6.45) is 2.20. The summed E-state index contributed by atoms with van der Waals surface area (Å²) in [5, 5.41) is 2.76. The minimum atomic E-state index is -0.765. The topological polar surface area (TPSA) is 84.7 Å². The van der Waals surface area contributed by atoms with Crippen LogP contribution in [0.3, 0.4) is 0 Å². The molecular weight excluding hydrogens is 380 g/mol. The third-order valence-corrected chi connectivity index (χ3v) is 4.27. The minimum Gasteiger partial charge on any atom is -0.491 e. The number of nitrogens with zero attached hydrogens (tertiary/aromatic N) is 1. The smallest absolute Gasteiger partial charge is 0.224 e. The van der Waals surface area contributed by atoms with E-state index in [1.807, 2.05) is 0 Å². The number of rotatable bonds is 8. The lowest BCUT2D eigenvalue weighted by atomic mass is 9.96. The number of piperidine rings is 1. The van der Waals surface area contributed by atoms with Gasteiger partial charge in [-0.1, -0.05) is 0 Å². The number of nitrogens with one attached hydrogen (secondary N) is 1. The second-order valence-corrected chi connectivity index (χ2v) is 6.29. The van der Waals surface area contributed by atoms with E-state index in [9.17, 15) is 18.4 Å². The number of likely N-dealkylation sites (tertiary alicyclic amines) is 1. The summed E-state index contributed by atoms with van der Waals surface area (Å²) >= 11 is 0. The number of carbonyl (C=O) groups is 2. The predicted octanol–water partition coefficient (Wildman–Crippen LogP) is 1.86. The van der Waals surface area contributed by atoms with Gasteiger partial charge in [0.15, 0.2) is 11.6 Å².